The number of benzene rings is 1. The quantitative estimate of drug-likeness (QED) is 0.0768. The Labute approximate surface area is 281 Å². The summed E-state index contributed by atoms with van der Waals surface area (Å²) in [5.74, 6) is -1.51. The van der Waals surface area contributed by atoms with Crippen molar-refractivity contribution in [1.82, 2.24) is 19.5 Å². The number of halogens is 3. The summed E-state index contributed by atoms with van der Waals surface area (Å²) in [4.78, 5) is 37.3. The molecule has 47 heavy (non-hydrogen) atoms. The van der Waals surface area contributed by atoms with Crippen LogP contribution in [0.5, 0.6) is 0 Å². The fourth-order valence-electron chi connectivity index (χ4n) is 4.52. The second-order valence-electron chi connectivity index (χ2n) is 13.5. The number of carbonyl (C=O) groups is 2. The van der Waals surface area contributed by atoms with Gasteiger partial charge in [0.25, 0.3) is 5.91 Å². The molecule has 10 nitrogen and oxygen atoms in total. The Balaban J connectivity index is 1.45. The summed E-state index contributed by atoms with van der Waals surface area (Å²) >= 11 is 0. The molecule has 258 valence electrons. The average molecular weight is 714 g/mol. The molecule has 1 unspecified atom stereocenters. The Kier molecular flexibility index (Phi) is 11.9. The Morgan fingerprint density at radius 1 is 1.09 bits per heavy atom. The van der Waals surface area contributed by atoms with Crippen molar-refractivity contribution in [2.24, 2.45) is 0 Å². The van der Waals surface area contributed by atoms with Crippen LogP contribution < -0.4 is 5.32 Å². The van der Waals surface area contributed by atoms with E-state index in [1.807, 2.05) is 6.07 Å². The lowest BCUT2D eigenvalue weighted by molar-refractivity contribution is -0.171. The molecular weight excluding hydrogens is 672 g/mol. The first-order chi connectivity index (χ1) is 21.9. The van der Waals surface area contributed by atoms with E-state index in [-0.39, 0.29) is 35.2 Å². The van der Waals surface area contributed by atoms with Crippen LogP contribution in [0.3, 0.4) is 0 Å². The van der Waals surface area contributed by atoms with Crippen molar-refractivity contribution < 1.29 is 36.7 Å². The smallest absolute Gasteiger partial charge is 0.414 e. The maximum atomic E-state index is 12.8. The number of anilines is 1. The molecule has 3 heterocycles. The number of aromatic nitrogens is 4. The highest BCUT2D eigenvalue weighted by molar-refractivity contribution is 8.77. The van der Waals surface area contributed by atoms with Crippen molar-refractivity contribution in [3.63, 3.8) is 0 Å². The van der Waals surface area contributed by atoms with Gasteiger partial charge in [-0.25, -0.2) is 15.0 Å². The minimum absolute atomic E-state index is 0.00894. The van der Waals surface area contributed by atoms with Crippen molar-refractivity contribution in [2.45, 2.75) is 101 Å². The fourth-order valence-corrected chi connectivity index (χ4v) is 7.84. The third kappa shape index (κ3) is 9.78. The summed E-state index contributed by atoms with van der Waals surface area (Å²) < 4.78 is 58.5. The van der Waals surface area contributed by atoms with Crippen molar-refractivity contribution in [1.29, 1.82) is 0 Å². The van der Waals surface area contributed by atoms with E-state index in [1.165, 1.54) is 27.9 Å². The number of alkyl halides is 3. The second kappa shape index (κ2) is 14.9. The molecule has 1 aromatic carbocycles. The van der Waals surface area contributed by atoms with Gasteiger partial charge >= 0.3 is 6.18 Å². The molecule has 1 fully saturated rings. The van der Waals surface area contributed by atoms with Crippen molar-refractivity contribution >= 4 is 58.6 Å². The van der Waals surface area contributed by atoms with Crippen molar-refractivity contribution in [2.75, 3.05) is 17.9 Å². The van der Waals surface area contributed by atoms with Gasteiger partial charge in [0.2, 0.25) is 5.78 Å². The van der Waals surface area contributed by atoms with Crippen molar-refractivity contribution in [3.05, 3.63) is 48.5 Å². The number of carbonyl (C=O) groups excluding carboxylic acids is 2. The molecule has 4 rings (SSSR count). The molecule has 16 heteroatoms. The minimum atomic E-state index is -4.82. The van der Waals surface area contributed by atoms with Crippen LogP contribution >= 0.6 is 21.6 Å². The Hall–Kier alpha value is -2.50. The van der Waals surface area contributed by atoms with Crippen LogP contribution in [0.2, 0.25) is 18.1 Å². The zero-order chi connectivity index (χ0) is 34.6. The van der Waals surface area contributed by atoms with Crippen LogP contribution in [-0.4, -0.2) is 75.2 Å². The third-order valence-corrected chi connectivity index (χ3v) is 15.9. The van der Waals surface area contributed by atoms with Gasteiger partial charge in [0.05, 0.1) is 19.0 Å². The number of hydrogen-bond acceptors (Lipinski definition) is 10. The summed E-state index contributed by atoms with van der Waals surface area (Å²) in [7, 11) is 0.647. The van der Waals surface area contributed by atoms with E-state index in [1.54, 1.807) is 49.0 Å². The largest absolute Gasteiger partial charge is 0.449 e. The van der Waals surface area contributed by atoms with Crippen LogP contribution in [0.25, 0.3) is 11.2 Å². The van der Waals surface area contributed by atoms with Crippen LogP contribution in [0.1, 0.15) is 70.5 Å². The number of amides is 1. The summed E-state index contributed by atoms with van der Waals surface area (Å²) in [6.07, 6.45) is -3.12. The van der Waals surface area contributed by atoms with E-state index in [9.17, 15) is 22.8 Å². The maximum absolute atomic E-state index is 12.8. The first kappa shape index (κ1) is 37.3. The van der Waals surface area contributed by atoms with E-state index in [2.05, 4.69) is 54.1 Å². The predicted octanol–water partition coefficient (Wildman–Crippen LogP) is 7.80. The molecule has 0 spiro atoms. The fraction of sp³-hybridized carbons (Fsp3) is 0.581. The SMILES string of the molecule is CC(C)(CCC(=O)C(F)(F)F)SSCOC1C[C@H](n2cnc3c(NC(=O)c4ccccc4)ncnc32)O[C@@H]1CO[Si](C)(C)C(C)(C)C. The number of nitrogens with zero attached hydrogens (tertiary/aromatic N) is 4. The normalized spacial score (nSPS) is 19.3. The molecule has 1 N–H and O–H groups in total. The van der Waals surface area contributed by atoms with E-state index >= 15 is 0 Å². The molecule has 0 saturated carbocycles. The lowest BCUT2D eigenvalue weighted by Gasteiger charge is -2.37. The molecule has 0 radical (unpaired) electrons. The molecular formula is C31H42F3N5O5S2Si. The number of hydrogen-bond donors (Lipinski definition) is 1. The van der Waals surface area contributed by atoms with Gasteiger partial charge in [0.15, 0.2) is 25.3 Å². The molecule has 0 bridgehead atoms. The van der Waals surface area contributed by atoms with E-state index < -0.39 is 43.8 Å². The van der Waals surface area contributed by atoms with Gasteiger partial charge in [-0.2, -0.15) is 13.2 Å². The van der Waals surface area contributed by atoms with E-state index in [4.69, 9.17) is 13.9 Å². The van der Waals surface area contributed by atoms with Crippen LogP contribution in [0, 0.1) is 0 Å². The average Bonchev–Trinajstić information content (AvgIpc) is 3.61. The summed E-state index contributed by atoms with van der Waals surface area (Å²) in [5, 5.41) is 2.81. The molecule has 2 aromatic heterocycles. The highest BCUT2D eigenvalue weighted by atomic mass is 33.1. The van der Waals surface area contributed by atoms with Gasteiger partial charge in [0.1, 0.15) is 24.6 Å². The number of rotatable bonds is 14. The van der Waals surface area contributed by atoms with Gasteiger partial charge < -0.3 is 19.2 Å². The molecule has 3 aromatic rings. The Morgan fingerprint density at radius 2 is 1.79 bits per heavy atom. The van der Waals surface area contributed by atoms with Gasteiger partial charge in [-0.1, -0.05) is 60.6 Å². The third-order valence-electron chi connectivity index (χ3n) is 8.42. The second-order valence-corrected chi connectivity index (χ2v) is 21.3. The van der Waals surface area contributed by atoms with Gasteiger partial charge in [-0.15, -0.1) is 0 Å². The predicted molar refractivity (Wildman–Crippen MR) is 181 cm³/mol. The Bertz CT molecular complexity index is 1540. The number of ether oxygens (including phenoxy) is 2. The number of Topliss-reactive ketones (excluding diaryl/α,β-unsaturated/α-hetero) is 1. The van der Waals surface area contributed by atoms with Crippen LogP contribution in [0.4, 0.5) is 19.0 Å². The molecule has 1 amide bonds. The highest BCUT2D eigenvalue weighted by Crippen LogP contribution is 2.42. The first-order valence-corrected chi connectivity index (χ1v) is 20.5. The summed E-state index contributed by atoms with van der Waals surface area (Å²) in [6, 6.07) is 8.79. The topological polar surface area (TPSA) is 117 Å². The summed E-state index contributed by atoms with van der Waals surface area (Å²) in [5.41, 5.74) is 1.38. The van der Waals surface area contributed by atoms with Crippen molar-refractivity contribution in [3.8, 4) is 0 Å². The molecule has 1 aliphatic rings. The van der Waals surface area contributed by atoms with E-state index in [0.717, 1.165) is 0 Å². The minimum Gasteiger partial charge on any atom is -0.414 e. The molecule has 1 saturated heterocycles. The lowest BCUT2D eigenvalue weighted by Crippen LogP contribution is -2.44. The van der Waals surface area contributed by atoms with Gasteiger partial charge in [-0.3, -0.25) is 14.2 Å². The monoisotopic (exact) mass is 713 g/mol. The zero-order valence-corrected chi connectivity index (χ0v) is 30.2. The number of fused-ring (bicyclic) bond motifs is 1. The van der Waals surface area contributed by atoms with Gasteiger partial charge in [0, 0.05) is 23.2 Å². The first-order valence-electron chi connectivity index (χ1n) is 15.2. The Morgan fingerprint density at radius 3 is 2.45 bits per heavy atom. The maximum Gasteiger partial charge on any atom is 0.449 e. The zero-order valence-electron chi connectivity index (χ0n) is 27.6. The van der Waals surface area contributed by atoms with Crippen LogP contribution in [0.15, 0.2) is 43.0 Å². The summed E-state index contributed by atoms with van der Waals surface area (Å²) in [6.45, 7) is 14.7. The standard InChI is InChI=1S/C31H42F3N5O5S2Si/c1-29(2,3)47(6,7)43-16-22-21(42-19-45-46-30(4,5)14-13-23(40)31(32,33)34)15-24(44-22)39-18-37-25-26(35-17-36-27(25)39)38-28(41)20-11-9-8-10-12-20/h8-12,17-18,21-22,24H,13-16,19H2,1-7H3,(H,35,36,38,41)/t21?,22-,24-/m1/s1. The van der Waals surface area contributed by atoms with Crippen LogP contribution in [-0.2, 0) is 18.7 Å². The highest BCUT2D eigenvalue weighted by Gasteiger charge is 2.43. The van der Waals surface area contributed by atoms with Gasteiger partial charge in [-0.05, 0) is 50.5 Å². The number of imidazole rings is 1. The molecule has 3 atom stereocenters. The molecule has 1 aliphatic heterocycles. The van der Waals surface area contributed by atoms with E-state index in [0.29, 0.717) is 29.8 Å². The number of ketones is 1. The number of nitrogens with one attached hydrogen (secondary N) is 1. The lowest BCUT2D eigenvalue weighted by atomic mass is 10.0. The molecule has 0 aliphatic carbocycles.